The van der Waals surface area contributed by atoms with E-state index in [0.717, 1.165) is 30.0 Å². The van der Waals surface area contributed by atoms with Crippen molar-refractivity contribution in [3.63, 3.8) is 0 Å². The molecule has 0 heterocycles. The van der Waals surface area contributed by atoms with Crippen molar-refractivity contribution in [3.8, 4) is 23.3 Å². The number of hydrogen-bond acceptors (Lipinski definition) is 2. The molecule has 1 aliphatic carbocycles. The molecule has 3 heteroatoms. The lowest BCUT2D eigenvalue weighted by Gasteiger charge is -2.25. The summed E-state index contributed by atoms with van der Waals surface area (Å²) >= 11 is 0. The molecule has 2 N–H and O–H groups in total. The van der Waals surface area contributed by atoms with Gasteiger partial charge in [-0.25, -0.2) is 0 Å². The van der Waals surface area contributed by atoms with Gasteiger partial charge in [-0.15, -0.1) is 0 Å². The summed E-state index contributed by atoms with van der Waals surface area (Å²) in [5.41, 5.74) is 0. The molecule has 0 unspecified atom stereocenters. The average molecular weight is 288 g/mol. The van der Waals surface area contributed by atoms with Crippen LogP contribution in [0.25, 0.3) is 0 Å². The van der Waals surface area contributed by atoms with Crippen LogP contribution in [0.2, 0.25) is 0 Å². The van der Waals surface area contributed by atoms with E-state index in [1.807, 2.05) is 24.3 Å². The van der Waals surface area contributed by atoms with Crippen molar-refractivity contribution in [1.82, 2.24) is 0 Å². The summed E-state index contributed by atoms with van der Waals surface area (Å²) in [6.07, 6.45) is 5.46. The van der Waals surface area contributed by atoms with Gasteiger partial charge in [0.2, 0.25) is 0 Å². The molecule has 1 fully saturated rings. The van der Waals surface area contributed by atoms with E-state index in [1.54, 1.807) is 7.11 Å². The fraction of sp³-hybridized carbons (Fsp3) is 0.556. The minimum absolute atomic E-state index is 0.411. The standard InChI is InChI=1S/C18H25NO2/c1-15-9-3-4-10-16(15)19-13-7-8-14-21-18-12-6-5-11-17(18)20-2/h5-6,11-12,15-16,19H,3-4,9-10,13-14H2,1-2H3/p+1/t15-,16-/m1/s1. The lowest BCUT2D eigenvalue weighted by Crippen LogP contribution is -2.91. The first-order chi connectivity index (χ1) is 10.3. The van der Waals surface area contributed by atoms with E-state index < -0.39 is 0 Å². The molecule has 3 nitrogen and oxygen atoms in total. The SMILES string of the molecule is COc1ccccc1OCC#CC[NH2+][C@@H]1CCCC[C@H]1C. The zero-order valence-electron chi connectivity index (χ0n) is 13.1. The molecule has 2 rings (SSSR count). The van der Waals surface area contributed by atoms with Crippen molar-refractivity contribution in [2.75, 3.05) is 20.3 Å². The number of benzene rings is 1. The maximum absolute atomic E-state index is 5.63. The second kappa shape index (κ2) is 8.59. The summed E-state index contributed by atoms with van der Waals surface area (Å²) in [4.78, 5) is 0. The minimum Gasteiger partial charge on any atom is -0.493 e. The Labute approximate surface area is 128 Å². The van der Waals surface area contributed by atoms with Gasteiger partial charge in [0, 0.05) is 5.92 Å². The van der Waals surface area contributed by atoms with Crippen molar-refractivity contribution in [2.45, 2.75) is 38.6 Å². The molecular weight excluding hydrogens is 262 g/mol. The smallest absolute Gasteiger partial charge is 0.162 e. The van der Waals surface area contributed by atoms with Gasteiger partial charge in [0.15, 0.2) is 11.5 Å². The van der Waals surface area contributed by atoms with Crippen LogP contribution in [0.5, 0.6) is 11.5 Å². The molecule has 0 aromatic heterocycles. The number of methoxy groups -OCH3 is 1. The second-order valence-corrected chi connectivity index (χ2v) is 5.66. The van der Waals surface area contributed by atoms with Gasteiger partial charge in [-0.3, -0.25) is 0 Å². The Morgan fingerprint density at radius 3 is 2.67 bits per heavy atom. The van der Waals surface area contributed by atoms with Gasteiger partial charge in [0.25, 0.3) is 0 Å². The van der Waals surface area contributed by atoms with E-state index in [4.69, 9.17) is 9.47 Å². The van der Waals surface area contributed by atoms with Crippen molar-refractivity contribution in [3.05, 3.63) is 24.3 Å². The Bertz CT molecular complexity index is 489. The van der Waals surface area contributed by atoms with Crippen LogP contribution in [0.4, 0.5) is 0 Å². The number of quaternary nitrogens is 1. The summed E-state index contributed by atoms with van der Waals surface area (Å²) in [5.74, 6) is 8.60. The molecule has 1 aromatic carbocycles. The molecule has 2 atom stereocenters. The molecule has 114 valence electrons. The van der Waals surface area contributed by atoms with Gasteiger partial charge < -0.3 is 14.8 Å². The third-order valence-electron chi connectivity index (χ3n) is 4.19. The summed E-state index contributed by atoms with van der Waals surface area (Å²) in [6.45, 7) is 3.64. The van der Waals surface area contributed by atoms with E-state index in [1.165, 1.54) is 25.7 Å². The topological polar surface area (TPSA) is 35.1 Å². The lowest BCUT2D eigenvalue weighted by molar-refractivity contribution is -0.688. The largest absolute Gasteiger partial charge is 0.493 e. The molecule has 0 saturated heterocycles. The molecule has 1 saturated carbocycles. The highest BCUT2D eigenvalue weighted by Gasteiger charge is 2.23. The summed E-state index contributed by atoms with van der Waals surface area (Å²) < 4.78 is 10.9. The summed E-state index contributed by atoms with van der Waals surface area (Å²) in [5, 5.41) is 2.39. The predicted molar refractivity (Wildman–Crippen MR) is 84.5 cm³/mol. The Morgan fingerprint density at radius 2 is 1.90 bits per heavy atom. The first-order valence-electron chi connectivity index (χ1n) is 7.86. The molecule has 21 heavy (non-hydrogen) atoms. The van der Waals surface area contributed by atoms with Crippen LogP contribution in [0.15, 0.2) is 24.3 Å². The summed E-state index contributed by atoms with van der Waals surface area (Å²) in [7, 11) is 1.65. The molecule has 1 aliphatic rings. The van der Waals surface area contributed by atoms with Gasteiger partial charge in [0.05, 0.1) is 13.2 Å². The molecule has 0 bridgehead atoms. The zero-order chi connectivity index (χ0) is 14.9. The average Bonchev–Trinajstić information content (AvgIpc) is 2.52. The van der Waals surface area contributed by atoms with Gasteiger partial charge in [0.1, 0.15) is 13.2 Å². The maximum atomic E-state index is 5.63. The van der Waals surface area contributed by atoms with Crippen LogP contribution >= 0.6 is 0 Å². The van der Waals surface area contributed by atoms with Crippen LogP contribution in [0.3, 0.4) is 0 Å². The number of nitrogens with two attached hydrogens (primary N) is 1. The molecular formula is C18H26NO2+. The van der Waals surface area contributed by atoms with E-state index in [9.17, 15) is 0 Å². The molecule has 0 spiro atoms. The monoisotopic (exact) mass is 288 g/mol. The van der Waals surface area contributed by atoms with E-state index in [-0.39, 0.29) is 0 Å². The third-order valence-corrected chi connectivity index (χ3v) is 4.19. The Kier molecular flexibility index (Phi) is 6.43. The Hall–Kier alpha value is -1.66. The summed E-state index contributed by atoms with van der Waals surface area (Å²) in [6, 6.07) is 8.40. The molecule has 1 aromatic rings. The van der Waals surface area contributed by atoms with Crippen molar-refractivity contribution < 1.29 is 14.8 Å². The highest BCUT2D eigenvalue weighted by molar-refractivity contribution is 5.39. The van der Waals surface area contributed by atoms with Crippen molar-refractivity contribution in [2.24, 2.45) is 5.92 Å². The van der Waals surface area contributed by atoms with Crippen LogP contribution in [0.1, 0.15) is 32.6 Å². The number of hydrogen-bond donors (Lipinski definition) is 1. The number of para-hydroxylation sites is 2. The van der Waals surface area contributed by atoms with Crippen LogP contribution in [-0.4, -0.2) is 26.3 Å². The van der Waals surface area contributed by atoms with Gasteiger partial charge in [-0.05, 0) is 37.3 Å². The predicted octanol–water partition coefficient (Wildman–Crippen LogP) is 2.22. The molecule has 0 aliphatic heterocycles. The first kappa shape index (κ1) is 15.7. The van der Waals surface area contributed by atoms with Crippen molar-refractivity contribution >= 4 is 0 Å². The fourth-order valence-electron chi connectivity index (χ4n) is 2.88. The molecule has 0 amide bonds. The number of ether oxygens (including phenoxy) is 2. The van der Waals surface area contributed by atoms with Gasteiger partial charge >= 0.3 is 0 Å². The van der Waals surface area contributed by atoms with Crippen molar-refractivity contribution in [1.29, 1.82) is 0 Å². The second-order valence-electron chi connectivity index (χ2n) is 5.66. The maximum Gasteiger partial charge on any atom is 0.162 e. The first-order valence-corrected chi connectivity index (χ1v) is 7.86. The lowest BCUT2D eigenvalue weighted by atomic mass is 9.86. The van der Waals surface area contributed by atoms with E-state index in [2.05, 4.69) is 24.1 Å². The quantitative estimate of drug-likeness (QED) is 0.843. The zero-order valence-corrected chi connectivity index (χ0v) is 13.1. The minimum atomic E-state index is 0.411. The highest BCUT2D eigenvalue weighted by Crippen LogP contribution is 2.25. The van der Waals surface area contributed by atoms with E-state index in [0.29, 0.717) is 6.61 Å². The normalized spacial score (nSPS) is 21.2. The third kappa shape index (κ3) is 4.99. The van der Waals surface area contributed by atoms with Crippen LogP contribution in [-0.2, 0) is 0 Å². The van der Waals surface area contributed by atoms with Crippen LogP contribution < -0.4 is 14.8 Å². The van der Waals surface area contributed by atoms with Gasteiger partial charge in [-0.1, -0.05) is 31.4 Å². The number of rotatable bonds is 5. The fourth-order valence-corrected chi connectivity index (χ4v) is 2.88. The van der Waals surface area contributed by atoms with Crippen LogP contribution in [0, 0.1) is 17.8 Å². The Morgan fingerprint density at radius 1 is 1.14 bits per heavy atom. The highest BCUT2D eigenvalue weighted by atomic mass is 16.5. The molecule has 0 radical (unpaired) electrons. The van der Waals surface area contributed by atoms with Gasteiger partial charge in [-0.2, -0.15) is 0 Å². The van der Waals surface area contributed by atoms with E-state index >= 15 is 0 Å². The Balaban J connectivity index is 1.69.